The number of hydrogen-bond donors (Lipinski definition) is 3. The Kier molecular flexibility index (Phi) is 6.19. The molecule has 1 aliphatic carbocycles. The largest absolute Gasteiger partial charge is 0.398 e. The summed E-state index contributed by atoms with van der Waals surface area (Å²) in [5, 5.41) is 11.0. The van der Waals surface area contributed by atoms with E-state index in [2.05, 4.69) is 24.4 Å². The fraction of sp³-hybridized carbons (Fsp3) is 0.364. The molecule has 4 heteroatoms. The highest BCUT2D eigenvalue weighted by atomic mass is 16.1. The predicted molar refractivity (Wildman–Crippen MR) is 109 cm³/mol. The zero-order valence-corrected chi connectivity index (χ0v) is 16.1. The predicted octanol–water partition coefficient (Wildman–Crippen LogP) is 4.50. The maximum atomic E-state index is 12.6. The number of aryl methyl sites for hydroxylation is 1. The molecule has 0 unspecified atom stereocenters. The number of carbonyl (C=O) groups is 1. The van der Waals surface area contributed by atoms with E-state index in [0.717, 1.165) is 19.3 Å². The lowest BCUT2D eigenvalue weighted by Gasteiger charge is -2.19. The minimum absolute atomic E-state index is 0.0939. The number of nitrogen functional groups attached to an aromatic ring is 1. The molecule has 0 aromatic heterocycles. The zero-order valence-electron chi connectivity index (χ0n) is 16.1. The van der Waals surface area contributed by atoms with Gasteiger partial charge in [-0.25, -0.2) is 0 Å². The third kappa shape index (κ3) is 4.51. The van der Waals surface area contributed by atoms with Crippen LogP contribution in [0.15, 0.2) is 42.5 Å². The van der Waals surface area contributed by atoms with E-state index in [9.17, 15) is 4.79 Å². The van der Waals surface area contributed by atoms with Crippen LogP contribution < -0.4 is 11.1 Å². The maximum Gasteiger partial charge on any atom is 0.251 e. The van der Waals surface area contributed by atoms with Crippen LogP contribution in [0.4, 0.5) is 5.69 Å². The normalized spacial score (nSPS) is 14.0. The Balaban J connectivity index is 0.00000117. The van der Waals surface area contributed by atoms with Gasteiger partial charge in [0.1, 0.15) is 0 Å². The maximum absolute atomic E-state index is 12.6. The summed E-state index contributed by atoms with van der Waals surface area (Å²) < 4.78 is 0. The number of amides is 1. The van der Waals surface area contributed by atoms with Gasteiger partial charge in [0.15, 0.2) is 0 Å². The number of nitrogens with two attached hydrogens (primary N) is 1. The molecule has 0 spiro atoms. The van der Waals surface area contributed by atoms with Gasteiger partial charge in [0, 0.05) is 28.1 Å². The van der Waals surface area contributed by atoms with Crippen LogP contribution in [0, 0.1) is 12.3 Å². The lowest BCUT2D eigenvalue weighted by Crippen LogP contribution is -2.38. The quantitative estimate of drug-likeness (QED) is 0.548. The molecule has 2 aromatic rings. The van der Waals surface area contributed by atoms with Crippen LogP contribution in [0.25, 0.3) is 0 Å². The molecule has 0 saturated heterocycles. The van der Waals surface area contributed by atoms with Crippen LogP contribution in [-0.4, -0.2) is 17.2 Å². The summed E-state index contributed by atoms with van der Waals surface area (Å²) >= 11 is 0. The zero-order chi connectivity index (χ0) is 19.3. The van der Waals surface area contributed by atoms with Gasteiger partial charge in [-0.15, -0.1) is 0 Å². The van der Waals surface area contributed by atoms with Gasteiger partial charge >= 0.3 is 0 Å². The van der Waals surface area contributed by atoms with Crippen molar-refractivity contribution in [2.24, 2.45) is 0 Å². The fourth-order valence-electron chi connectivity index (χ4n) is 3.01. The highest BCUT2D eigenvalue weighted by Gasteiger charge is 2.44. The van der Waals surface area contributed by atoms with Crippen LogP contribution >= 0.6 is 0 Å². The van der Waals surface area contributed by atoms with Gasteiger partial charge in [-0.05, 0) is 62.4 Å². The number of anilines is 1. The summed E-state index contributed by atoms with van der Waals surface area (Å²) in [7, 11) is 0. The summed E-state index contributed by atoms with van der Waals surface area (Å²) in [6, 6.07) is 13.4. The van der Waals surface area contributed by atoms with E-state index >= 15 is 0 Å². The smallest absolute Gasteiger partial charge is 0.251 e. The highest BCUT2D eigenvalue weighted by molar-refractivity contribution is 6.04. The van der Waals surface area contributed by atoms with Gasteiger partial charge in [0.05, 0.1) is 0 Å². The molecule has 0 aliphatic heterocycles. The van der Waals surface area contributed by atoms with E-state index in [0.29, 0.717) is 22.5 Å². The van der Waals surface area contributed by atoms with Crippen molar-refractivity contribution in [2.75, 3.05) is 5.73 Å². The van der Waals surface area contributed by atoms with Crippen molar-refractivity contribution in [3.05, 3.63) is 64.7 Å². The van der Waals surface area contributed by atoms with Gasteiger partial charge in [-0.3, -0.25) is 4.79 Å². The second-order valence-electron chi connectivity index (χ2n) is 6.76. The van der Waals surface area contributed by atoms with Gasteiger partial charge in [-0.1, -0.05) is 38.1 Å². The molecular weight excluding hydrogens is 322 g/mol. The Labute approximate surface area is 156 Å². The number of rotatable bonds is 5. The summed E-state index contributed by atoms with van der Waals surface area (Å²) in [6.07, 6.45) is 2.86. The van der Waals surface area contributed by atoms with Crippen LogP contribution in [-0.2, 0) is 6.42 Å². The first-order valence-electron chi connectivity index (χ1n) is 9.22. The fourth-order valence-corrected chi connectivity index (χ4v) is 3.01. The molecular formula is C22H29N3O. The first-order valence-corrected chi connectivity index (χ1v) is 9.22. The monoisotopic (exact) mass is 351 g/mol. The number of benzene rings is 2. The van der Waals surface area contributed by atoms with E-state index < -0.39 is 0 Å². The molecule has 3 rings (SSSR count). The summed E-state index contributed by atoms with van der Waals surface area (Å²) in [6.45, 7) is 7.78. The number of nitrogens with one attached hydrogen (secondary N) is 2. The van der Waals surface area contributed by atoms with Crippen molar-refractivity contribution >= 4 is 17.3 Å². The van der Waals surface area contributed by atoms with Gasteiger partial charge in [-0.2, -0.15) is 0 Å². The van der Waals surface area contributed by atoms with Crippen molar-refractivity contribution < 1.29 is 4.79 Å². The lowest BCUT2D eigenvalue weighted by atomic mass is 9.99. The summed E-state index contributed by atoms with van der Waals surface area (Å²) in [5.41, 5.74) is 10.3. The second kappa shape index (κ2) is 8.17. The second-order valence-corrected chi connectivity index (χ2v) is 6.76. The molecule has 138 valence electrons. The molecule has 1 amide bonds. The first kappa shape index (κ1) is 19.7. The van der Waals surface area contributed by atoms with Crippen LogP contribution in [0.2, 0.25) is 0 Å². The molecule has 4 nitrogen and oxygen atoms in total. The van der Waals surface area contributed by atoms with Gasteiger partial charge < -0.3 is 16.5 Å². The molecule has 1 fully saturated rings. The Bertz CT molecular complexity index is 807. The molecule has 1 aliphatic rings. The Morgan fingerprint density at radius 3 is 2.42 bits per heavy atom. The van der Waals surface area contributed by atoms with E-state index in [4.69, 9.17) is 11.1 Å². The van der Waals surface area contributed by atoms with Crippen molar-refractivity contribution in [1.82, 2.24) is 5.32 Å². The van der Waals surface area contributed by atoms with E-state index in [1.807, 2.05) is 26.0 Å². The third-order valence-corrected chi connectivity index (χ3v) is 4.74. The van der Waals surface area contributed by atoms with E-state index in [-0.39, 0.29) is 11.4 Å². The SMILES string of the molecule is CC.CC(=N)c1cc(C(=O)NC2(Cc3ccccc3C)CC2)ccc1N. The summed E-state index contributed by atoms with van der Waals surface area (Å²) in [4.78, 5) is 12.6. The minimum atomic E-state index is -0.134. The average molecular weight is 351 g/mol. The Morgan fingerprint density at radius 1 is 1.19 bits per heavy atom. The Morgan fingerprint density at radius 2 is 1.85 bits per heavy atom. The molecule has 0 atom stereocenters. The standard InChI is InChI=1S/C20H23N3O.C2H6/c1-13-5-3-4-6-16(13)12-20(9-10-20)23-19(24)15-7-8-18(22)17(11-15)14(2)21;1-2/h3-8,11,21H,9-10,12,22H2,1-2H3,(H,23,24);1-2H3. The molecule has 0 radical (unpaired) electrons. The van der Waals surface area contributed by atoms with E-state index in [1.165, 1.54) is 11.1 Å². The van der Waals surface area contributed by atoms with Gasteiger partial charge in [0.2, 0.25) is 0 Å². The van der Waals surface area contributed by atoms with Crippen LogP contribution in [0.3, 0.4) is 0 Å². The minimum Gasteiger partial charge on any atom is -0.398 e. The first-order chi connectivity index (χ1) is 12.4. The molecule has 1 saturated carbocycles. The van der Waals surface area contributed by atoms with Crippen molar-refractivity contribution in [3.63, 3.8) is 0 Å². The molecule has 4 N–H and O–H groups in total. The molecule has 0 bridgehead atoms. The van der Waals surface area contributed by atoms with Crippen molar-refractivity contribution in [1.29, 1.82) is 5.41 Å². The van der Waals surface area contributed by atoms with Gasteiger partial charge in [0.25, 0.3) is 5.91 Å². The number of hydrogen-bond acceptors (Lipinski definition) is 3. The van der Waals surface area contributed by atoms with Crippen molar-refractivity contribution in [2.45, 2.75) is 52.5 Å². The molecule has 2 aromatic carbocycles. The topological polar surface area (TPSA) is 79.0 Å². The molecule has 0 heterocycles. The Hall–Kier alpha value is -2.62. The number of carbonyl (C=O) groups excluding carboxylic acids is 1. The lowest BCUT2D eigenvalue weighted by molar-refractivity contribution is 0.0931. The van der Waals surface area contributed by atoms with Crippen LogP contribution in [0.1, 0.15) is 60.7 Å². The third-order valence-electron chi connectivity index (χ3n) is 4.74. The van der Waals surface area contributed by atoms with E-state index in [1.54, 1.807) is 25.1 Å². The highest BCUT2D eigenvalue weighted by Crippen LogP contribution is 2.39. The van der Waals surface area contributed by atoms with Crippen molar-refractivity contribution in [3.8, 4) is 0 Å². The van der Waals surface area contributed by atoms with Crippen LogP contribution in [0.5, 0.6) is 0 Å². The molecule has 26 heavy (non-hydrogen) atoms. The average Bonchev–Trinajstić information content (AvgIpc) is 3.38. The summed E-state index contributed by atoms with van der Waals surface area (Å²) in [5.74, 6) is -0.0939.